The Balaban J connectivity index is 1.09. The van der Waals surface area contributed by atoms with Crippen molar-refractivity contribution in [2.75, 3.05) is 28.4 Å². The number of ether oxygens (including phenoxy) is 12. The summed E-state index contributed by atoms with van der Waals surface area (Å²) in [7, 11) is 6.37. The second kappa shape index (κ2) is 19.0. The molecule has 17 nitrogen and oxygen atoms in total. The van der Waals surface area contributed by atoms with E-state index in [0.717, 1.165) is 6.42 Å². The minimum Gasteiger partial charge on any atom is -0.481 e. The molecule has 7 aliphatic rings. The minimum atomic E-state index is -2.03. The van der Waals surface area contributed by atoms with Crippen LogP contribution >= 0.6 is 0 Å². The summed E-state index contributed by atoms with van der Waals surface area (Å²) in [5.74, 6) is -7.18. The van der Waals surface area contributed by atoms with Crippen molar-refractivity contribution in [2.24, 2.45) is 29.6 Å². The van der Waals surface area contributed by atoms with E-state index in [1.807, 2.05) is 34.6 Å². The van der Waals surface area contributed by atoms with E-state index in [2.05, 4.69) is 13.8 Å². The summed E-state index contributed by atoms with van der Waals surface area (Å²) in [5.41, 5.74) is -1.60. The molecule has 0 amide bonds. The predicted octanol–water partition coefficient (Wildman–Crippen LogP) is 4.32. The third kappa shape index (κ3) is 9.46. The number of aliphatic hydroxyl groups is 3. The van der Waals surface area contributed by atoms with Gasteiger partial charge in [0.15, 0.2) is 23.7 Å². The summed E-state index contributed by atoms with van der Waals surface area (Å²) in [5, 5.41) is 44.3. The molecule has 64 heavy (non-hydrogen) atoms. The van der Waals surface area contributed by atoms with Gasteiger partial charge in [-0.05, 0) is 59.3 Å². The topological polar surface area (TPSA) is 209 Å². The first-order valence-corrected chi connectivity index (χ1v) is 23.8. The summed E-state index contributed by atoms with van der Waals surface area (Å²) >= 11 is 0. The van der Waals surface area contributed by atoms with E-state index in [1.165, 1.54) is 14.2 Å². The first kappa shape index (κ1) is 50.7. The summed E-state index contributed by atoms with van der Waals surface area (Å²) < 4.78 is 77.6. The lowest BCUT2D eigenvalue weighted by atomic mass is 9.75. The zero-order chi connectivity index (χ0) is 46.9. The number of carbonyl (C=O) groups is 1. The van der Waals surface area contributed by atoms with E-state index in [1.54, 1.807) is 28.1 Å². The van der Waals surface area contributed by atoms with Crippen LogP contribution in [0.4, 0.5) is 0 Å². The molecular weight excluding hydrogens is 837 g/mol. The fraction of sp³-hybridized carbons (Fsp3) is 0.979. The van der Waals surface area contributed by atoms with Crippen LogP contribution in [0.25, 0.3) is 0 Å². The molecule has 7 saturated heterocycles. The molecule has 0 bridgehead atoms. The van der Waals surface area contributed by atoms with Crippen molar-refractivity contribution >= 4 is 5.97 Å². The quantitative estimate of drug-likeness (QED) is 0.203. The van der Waals surface area contributed by atoms with Crippen LogP contribution in [0.5, 0.6) is 0 Å². The Morgan fingerprint density at radius 3 is 2.09 bits per heavy atom. The zero-order valence-electron chi connectivity index (χ0n) is 40.4. The van der Waals surface area contributed by atoms with Gasteiger partial charge in [0.2, 0.25) is 0 Å². The van der Waals surface area contributed by atoms with Crippen molar-refractivity contribution in [1.82, 2.24) is 0 Å². The highest BCUT2D eigenvalue weighted by Gasteiger charge is 2.64. The van der Waals surface area contributed by atoms with E-state index < -0.39 is 102 Å². The van der Waals surface area contributed by atoms with Crippen molar-refractivity contribution in [3.63, 3.8) is 0 Å². The van der Waals surface area contributed by atoms with E-state index in [0.29, 0.717) is 38.5 Å². The van der Waals surface area contributed by atoms with Crippen molar-refractivity contribution < 1.29 is 82.1 Å². The second-order valence-corrected chi connectivity index (χ2v) is 21.3. The van der Waals surface area contributed by atoms with Crippen LogP contribution in [0, 0.1) is 29.6 Å². The third-order valence-corrected chi connectivity index (χ3v) is 16.8. The number of aliphatic carboxylic acids is 1. The monoisotopic (exact) mass is 917 g/mol. The van der Waals surface area contributed by atoms with Gasteiger partial charge in [0.05, 0.1) is 78.7 Å². The van der Waals surface area contributed by atoms with E-state index in [-0.39, 0.29) is 60.8 Å². The Hall–Kier alpha value is -1.13. The lowest BCUT2D eigenvalue weighted by Crippen LogP contribution is -2.65. The zero-order valence-corrected chi connectivity index (χ0v) is 40.4. The van der Waals surface area contributed by atoms with Crippen LogP contribution in [0.1, 0.15) is 120 Å². The van der Waals surface area contributed by atoms with Gasteiger partial charge in [0, 0.05) is 77.8 Å². The van der Waals surface area contributed by atoms with Crippen LogP contribution in [0.15, 0.2) is 0 Å². The van der Waals surface area contributed by atoms with Gasteiger partial charge < -0.3 is 77.3 Å². The van der Waals surface area contributed by atoms with Gasteiger partial charge >= 0.3 is 5.97 Å². The number of rotatable bonds is 13. The molecule has 0 radical (unpaired) electrons. The highest BCUT2D eigenvalue weighted by atomic mass is 16.7. The van der Waals surface area contributed by atoms with Crippen LogP contribution in [0.2, 0.25) is 0 Å². The fourth-order valence-electron chi connectivity index (χ4n) is 12.7. The number of carboxylic acids is 1. The van der Waals surface area contributed by atoms with Crippen LogP contribution in [-0.4, -0.2) is 169 Å². The molecule has 24 unspecified atom stereocenters. The third-order valence-electron chi connectivity index (χ3n) is 16.8. The van der Waals surface area contributed by atoms with Crippen LogP contribution < -0.4 is 0 Å². The Labute approximate surface area is 379 Å². The highest BCUT2D eigenvalue weighted by molar-refractivity contribution is 5.68. The standard InChI is InChI=1S/C47H80O17/c1-23-18-24(2)45(9,51)61-36(23)31-19-32(58-35-20-30(53-10)40(55-12)28(6)57-35)42(59-31)44(8)15-14-33(60-44)43(7)16-17-46(64-43)21-29(48)25(3)37(62-46)26(4)38-41(56-13)39(54-11)27(5)47(52,63-38)22-34(49)50/h23-33,35-42,48,51-52H,14-22H2,1-13H3,(H,49,50). The number of carboxylic acid groups (broad SMARTS) is 1. The van der Waals surface area contributed by atoms with Gasteiger partial charge in [-0.3, -0.25) is 4.79 Å². The molecule has 7 aliphatic heterocycles. The Morgan fingerprint density at radius 2 is 1.45 bits per heavy atom. The maximum Gasteiger partial charge on any atom is 0.308 e. The molecule has 4 N–H and O–H groups in total. The van der Waals surface area contributed by atoms with Gasteiger partial charge in [0.25, 0.3) is 0 Å². The Kier molecular flexibility index (Phi) is 15.1. The molecule has 24 atom stereocenters. The average Bonchev–Trinajstić information content (AvgIpc) is 3.94. The lowest BCUT2D eigenvalue weighted by Gasteiger charge is -2.53. The van der Waals surface area contributed by atoms with Gasteiger partial charge in [-0.25, -0.2) is 0 Å². The molecule has 17 heteroatoms. The van der Waals surface area contributed by atoms with Gasteiger partial charge in [-0.15, -0.1) is 0 Å². The maximum atomic E-state index is 11.9. The molecule has 370 valence electrons. The van der Waals surface area contributed by atoms with Crippen molar-refractivity contribution in [1.29, 1.82) is 0 Å². The Bertz CT molecular complexity index is 1600. The van der Waals surface area contributed by atoms with Crippen LogP contribution in [-0.2, 0) is 61.6 Å². The number of methoxy groups -OCH3 is 4. The normalized spacial score (nSPS) is 54.1. The maximum absolute atomic E-state index is 11.9. The number of hydrogen-bond acceptors (Lipinski definition) is 16. The smallest absolute Gasteiger partial charge is 0.308 e. The summed E-state index contributed by atoms with van der Waals surface area (Å²) in [6, 6.07) is 0. The van der Waals surface area contributed by atoms with Crippen molar-refractivity contribution in [3.8, 4) is 0 Å². The van der Waals surface area contributed by atoms with E-state index in [9.17, 15) is 25.2 Å². The molecule has 1 spiro atoms. The fourth-order valence-corrected chi connectivity index (χ4v) is 12.7. The first-order chi connectivity index (χ1) is 30.0. The molecule has 0 aliphatic carbocycles. The SMILES string of the molecule is COC1CC(OC2CC(C3OC(C)(O)C(C)CC3C)OC2C2(C)CCC(C3(C)CCC4(CC(O)C(C)C(C(C)C5OC(O)(CC(=O)O)C(C)C(OC)C5OC)O4)O3)O2)OC(C)C1OC. The molecule has 0 aromatic rings. The molecular formula is C47H80O17. The largest absolute Gasteiger partial charge is 0.481 e. The highest BCUT2D eigenvalue weighted by Crippen LogP contribution is 2.55. The van der Waals surface area contributed by atoms with Gasteiger partial charge in [-0.1, -0.05) is 34.6 Å². The molecule has 7 heterocycles. The summed E-state index contributed by atoms with van der Waals surface area (Å²) in [6.45, 7) is 17.5. The molecule has 0 aromatic carbocycles. The summed E-state index contributed by atoms with van der Waals surface area (Å²) in [6.07, 6.45) is -3.18. The predicted molar refractivity (Wildman–Crippen MR) is 228 cm³/mol. The van der Waals surface area contributed by atoms with Gasteiger partial charge in [0.1, 0.15) is 18.3 Å². The van der Waals surface area contributed by atoms with E-state index in [4.69, 9.17) is 56.8 Å². The molecule has 0 aromatic heterocycles. The lowest BCUT2D eigenvalue weighted by molar-refractivity contribution is -0.365. The van der Waals surface area contributed by atoms with Gasteiger partial charge in [-0.2, -0.15) is 0 Å². The molecule has 7 fully saturated rings. The molecule has 7 rings (SSSR count). The average molecular weight is 917 g/mol. The minimum absolute atomic E-state index is 0.0406. The summed E-state index contributed by atoms with van der Waals surface area (Å²) in [4.78, 5) is 11.9. The molecule has 0 saturated carbocycles. The van der Waals surface area contributed by atoms with Crippen LogP contribution in [0.3, 0.4) is 0 Å². The first-order valence-electron chi connectivity index (χ1n) is 23.8. The second-order valence-electron chi connectivity index (χ2n) is 21.3. The number of aliphatic hydroxyl groups excluding tert-OH is 1. The van der Waals surface area contributed by atoms with Crippen molar-refractivity contribution in [3.05, 3.63) is 0 Å². The number of hydrogen-bond donors (Lipinski definition) is 4. The van der Waals surface area contributed by atoms with E-state index >= 15 is 0 Å². The van der Waals surface area contributed by atoms with Crippen molar-refractivity contribution in [2.45, 2.75) is 234 Å². The Morgan fingerprint density at radius 1 is 0.766 bits per heavy atom.